The molecular formula is C11H22N4S. The van der Waals surface area contributed by atoms with Gasteiger partial charge in [-0.25, -0.2) is 0 Å². The third-order valence-electron chi connectivity index (χ3n) is 2.72. The highest BCUT2D eigenvalue weighted by Crippen LogP contribution is 2.17. The first-order valence-corrected chi connectivity index (χ1v) is 6.75. The van der Waals surface area contributed by atoms with E-state index in [1.807, 2.05) is 0 Å². The Bertz CT molecular complexity index is 300. The van der Waals surface area contributed by atoms with Gasteiger partial charge in [0.05, 0.1) is 6.54 Å². The molecule has 1 rings (SSSR count). The van der Waals surface area contributed by atoms with Gasteiger partial charge in [-0.05, 0) is 26.8 Å². The van der Waals surface area contributed by atoms with Gasteiger partial charge in [-0.2, -0.15) is 0 Å². The van der Waals surface area contributed by atoms with Crippen molar-refractivity contribution in [2.45, 2.75) is 46.2 Å². The summed E-state index contributed by atoms with van der Waals surface area (Å²) in [5.41, 5.74) is 0. The number of aromatic nitrogens is 2. The molecular weight excluding hydrogens is 220 g/mol. The Balaban J connectivity index is 2.45. The predicted molar refractivity (Wildman–Crippen MR) is 69.9 cm³/mol. The minimum atomic E-state index is 0.593. The van der Waals surface area contributed by atoms with E-state index < -0.39 is 0 Å². The van der Waals surface area contributed by atoms with Crippen LogP contribution < -0.4 is 5.32 Å². The maximum Gasteiger partial charge on any atom is 0.205 e. The minimum absolute atomic E-state index is 0.593. The number of hydrogen-bond acceptors (Lipinski definition) is 5. The van der Waals surface area contributed by atoms with E-state index in [-0.39, 0.29) is 0 Å². The van der Waals surface area contributed by atoms with E-state index in [1.54, 1.807) is 11.3 Å². The van der Waals surface area contributed by atoms with Crippen LogP contribution in [0.2, 0.25) is 0 Å². The molecule has 1 heterocycles. The first kappa shape index (κ1) is 13.4. The smallest absolute Gasteiger partial charge is 0.205 e. The summed E-state index contributed by atoms with van der Waals surface area (Å²) in [6, 6.07) is 0.593. The average molecular weight is 242 g/mol. The fraction of sp³-hybridized carbons (Fsp3) is 0.818. The third kappa shape index (κ3) is 4.06. The van der Waals surface area contributed by atoms with Crippen LogP contribution in [0.25, 0.3) is 0 Å². The van der Waals surface area contributed by atoms with Gasteiger partial charge < -0.3 is 5.32 Å². The zero-order chi connectivity index (χ0) is 12.0. The topological polar surface area (TPSA) is 41.1 Å². The molecule has 4 nitrogen and oxygen atoms in total. The molecule has 1 N–H and O–H groups in total. The van der Waals surface area contributed by atoms with Gasteiger partial charge in [0.2, 0.25) is 5.13 Å². The van der Waals surface area contributed by atoms with Crippen molar-refractivity contribution in [1.29, 1.82) is 0 Å². The quantitative estimate of drug-likeness (QED) is 0.798. The van der Waals surface area contributed by atoms with E-state index in [1.165, 1.54) is 0 Å². The van der Waals surface area contributed by atoms with E-state index in [4.69, 9.17) is 0 Å². The van der Waals surface area contributed by atoms with Crippen molar-refractivity contribution in [3.8, 4) is 0 Å². The monoisotopic (exact) mass is 242 g/mol. The van der Waals surface area contributed by atoms with Gasteiger partial charge in [0.1, 0.15) is 5.01 Å². The lowest BCUT2D eigenvalue weighted by atomic mass is 10.2. The van der Waals surface area contributed by atoms with Crippen LogP contribution in [0.5, 0.6) is 0 Å². The average Bonchev–Trinajstić information content (AvgIpc) is 2.72. The lowest BCUT2D eigenvalue weighted by Crippen LogP contribution is -2.27. The summed E-state index contributed by atoms with van der Waals surface area (Å²) in [5.74, 6) is 0. The second kappa shape index (κ2) is 6.81. The van der Waals surface area contributed by atoms with Gasteiger partial charge in [-0.15, -0.1) is 10.2 Å². The van der Waals surface area contributed by atoms with Crippen LogP contribution in [0.15, 0.2) is 0 Å². The fourth-order valence-electron chi connectivity index (χ4n) is 1.30. The van der Waals surface area contributed by atoms with Gasteiger partial charge >= 0.3 is 0 Å². The summed E-state index contributed by atoms with van der Waals surface area (Å²) in [6.07, 6.45) is 2.28. The molecule has 0 bridgehead atoms. The van der Waals surface area contributed by atoms with E-state index in [0.717, 1.165) is 36.1 Å². The van der Waals surface area contributed by atoms with Crippen molar-refractivity contribution in [2.24, 2.45) is 0 Å². The van der Waals surface area contributed by atoms with E-state index in [0.29, 0.717) is 6.04 Å². The van der Waals surface area contributed by atoms with Crippen LogP contribution in [0.3, 0.4) is 0 Å². The normalized spacial score (nSPS) is 13.1. The second-order valence-electron chi connectivity index (χ2n) is 4.10. The molecule has 1 atom stereocenters. The summed E-state index contributed by atoms with van der Waals surface area (Å²) < 4.78 is 0. The molecule has 1 aromatic heterocycles. The Morgan fingerprint density at radius 1 is 1.38 bits per heavy atom. The summed E-state index contributed by atoms with van der Waals surface area (Å²) in [5, 5.41) is 13.6. The van der Waals surface area contributed by atoms with E-state index in [2.05, 4.69) is 48.2 Å². The Morgan fingerprint density at radius 3 is 2.75 bits per heavy atom. The van der Waals surface area contributed by atoms with E-state index in [9.17, 15) is 0 Å². The largest absolute Gasteiger partial charge is 0.360 e. The number of nitrogens with one attached hydrogen (secondary N) is 1. The van der Waals surface area contributed by atoms with Crippen molar-refractivity contribution in [3.63, 3.8) is 0 Å². The van der Waals surface area contributed by atoms with E-state index >= 15 is 0 Å². The molecule has 0 spiro atoms. The lowest BCUT2D eigenvalue weighted by molar-refractivity contribution is 0.243. The Kier molecular flexibility index (Phi) is 5.69. The predicted octanol–water partition coefficient (Wildman–Crippen LogP) is 2.59. The van der Waals surface area contributed by atoms with Crippen molar-refractivity contribution in [3.05, 3.63) is 5.01 Å². The number of anilines is 1. The highest BCUT2D eigenvalue weighted by Gasteiger charge is 2.10. The van der Waals surface area contributed by atoms with Crippen LogP contribution >= 0.6 is 11.3 Å². The van der Waals surface area contributed by atoms with Crippen LogP contribution in [0.1, 0.15) is 38.6 Å². The molecule has 1 aromatic rings. The summed E-state index contributed by atoms with van der Waals surface area (Å²) in [4.78, 5) is 2.31. The summed E-state index contributed by atoms with van der Waals surface area (Å²) >= 11 is 1.65. The molecule has 0 saturated carbocycles. The van der Waals surface area contributed by atoms with Crippen LogP contribution in [0, 0.1) is 0 Å². The van der Waals surface area contributed by atoms with Gasteiger partial charge in [-0.1, -0.05) is 25.2 Å². The second-order valence-corrected chi connectivity index (χ2v) is 5.16. The third-order valence-corrected chi connectivity index (χ3v) is 3.59. The van der Waals surface area contributed by atoms with Gasteiger partial charge in [0.15, 0.2) is 0 Å². The van der Waals surface area contributed by atoms with Crippen molar-refractivity contribution in [1.82, 2.24) is 15.1 Å². The lowest BCUT2D eigenvalue weighted by Gasteiger charge is -2.21. The number of nitrogens with zero attached hydrogens (tertiary/aromatic N) is 3. The van der Waals surface area contributed by atoms with Crippen LogP contribution in [-0.4, -0.2) is 34.7 Å². The molecule has 0 saturated heterocycles. The molecule has 0 aliphatic rings. The van der Waals surface area contributed by atoms with Crippen molar-refractivity contribution >= 4 is 16.5 Å². The molecule has 0 fully saturated rings. The van der Waals surface area contributed by atoms with Crippen LogP contribution in [0.4, 0.5) is 5.13 Å². The van der Waals surface area contributed by atoms with Gasteiger partial charge in [0, 0.05) is 12.6 Å². The fourth-order valence-corrected chi connectivity index (χ4v) is 2.13. The molecule has 0 amide bonds. The number of hydrogen-bond donors (Lipinski definition) is 1. The summed E-state index contributed by atoms with van der Waals surface area (Å²) in [6.45, 7) is 8.44. The molecule has 92 valence electrons. The SMILES string of the molecule is CCCNc1nnc(CN(C)C(C)CC)s1. The zero-order valence-electron chi connectivity index (χ0n) is 10.7. The molecule has 0 aliphatic heterocycles. The number of rotatable bonds is 7. The summed E-state index contributed by atoms with van der Waals surface area (Å²) in [7, 11) is 2.13. The van der Waals surface area contributed by atoms with Gasteiger partial charge in [0.25, 0.3) is 0 Å². The maximum absolute atomic E-state index is 4.19. The first-order valence-electron chi connectivity index (χ1n) is 5.93. The Hall–Kier alpha value is -0.680. The molecule has 0 aliphatic carbocycles. The molecule has 5 heteroatoms. The minimum Gasteiger partial charge on any atom is -0.360 e. The zero-order valence-corrected chi connectivity index (χ0v) is 11.5. The highest BCUT2D eigenvalue weighted by molar-refractivity contribution is 7.15. The van der Waals surface area contributed by atoms with Crippen LogP contribution in [-0.2, 0) is 6.54 Å². The highest BCUT2D eigenvalue weighted by atomic mass is 32.1. The Morgan fingerprint density at radius 2 is 2.12 bits per heavy atom. The molecule has 0 aromatic carbocycles. The van der Waals surface area contributed by atoms with Crippen molar-refractivity contribution < 1.29 is 0 Å². The molecule has 0 radical (unpaired) electrons. The van der Waals surface area contributed by atoms with Gasteiger partial charge in [-0.3, -0.25) is 4.90 Å². The molecule has 1 unspecified atom stereocenters. The Labute approximate surface area is 102 Å². The first-order chi connectivity index (χ1) is 7.67. The molecule has 16 heavy (non-hydrogen) atoms. The van der Waals surface area contributed by atoms with Crippen molar-refractivity contribution in [2.75, 3.05) is 18.9 Å². The maximum atomic E-state index is 4.19. The standard InChI is InChI=1S/C11H22N4S/c1-5-7-12-11-14-13-10(16-11)8-15(4)9(3)6-2/h9H,5-8H2,1-4H3,(H,12,14).